The number of carbonyl (C=O) groups is 2. The second kappa shape index (κ2) is 10.6. The molecule has 0 saturated carbocycles. The molecule has 3 aromatic rings. The van der Waals surface area contributed by atoms with Crippen LogP contribution in [0.15, 0.2) is 70.3 Å². The largest absolute Gasteiger partial charge is 0.494 e. The lowest BCUT2D eigenvalue weighted by atomic mass is 10.1. The summed E-state index contributed by atoms with van der Waals surface area (Å²) < 4.78 is 10.9. The monoisotopic (exact) mass is 477 g/mol. The molecule has 1 unspecified atom stereocenters. The number of nitrogens with zero attached hydrogens (tertiary/aromatic N) is 2. The Labute approximate surface area is 203 Å². The van der Waals surface area contributed by atoms with E-state index in [1.54, 1.807) is 17.2 Å². The maximum atomic E-state index is 13.3. The lowest BCUT2D eigenvalue weighted by Crippen LogP contribution is -2.33. The molecule has 1 fully saturated rings. The minimum atomic E-state index is -0.569. The molecule has 7 nitrogen and oxygen atoms in total. The molecule has 8 heteroatoms. The molecule has 176 valence electrons. The second-order valence-corrected chi connectivity index (χ2v) is 9.12. The van der Waals surface area contributed by atoms with Crippen LogP contribution < -0.4 is 10.1 Å². The molecule has 1 N–H and O–H groups in total. The zero-order valence-electron chi connectivity index (χ0n) is 19.4. The summed E-state index contributed by atoms with van der Waals surface area (Å²) in [7, 11) is 0. The number of amides is 2. The van der Waals surface area contributed by atoms with Crippen molar-refractivity contribution in [2.75, 3.05) is 11.9 Å². The maximum Gasteiger partial charge on any atom is 0.243 e. The van der Waals surface area contributed by atoms with Crippen molar-refractivity contribution in [1.82, 2.24) is 4.90 Å². The lowest BCUT2D eigenvalue weighted by molar-refractivity contribution is -0.128. The van der Waals surface area contributed by atoms with E-state index in [1.165, 1.54) is 11.8 Å². The van der Waals surface area contributed by atoms with Crippen LogP contribution in [0.2, 0.25) is 0 Å². The highest BCUT2D eigenvalue weighted by Crippen LogP contribution is 2.33. The van der Waals surface area contributed by atoms with Crippen molar-refractivity contribution < 1.29 is 18.7 Å². The lowest BCUT2D eigenvalue weighted by Gasteiger charge is -2.15. The Balaban J connectivity index is 1.53. The highest BCUT2D eigenvalue weighted by Gasteiger charge is 2.39. The summed E-state index contributed by atoms with van der Waals surface area (Å²) in [4.78, 5) is 32.4. The van der Waals surface area contributed by atoms with Crippen LogP contribution in [0.5, 0.6) is 5.75 Å². The van der Waals surface area contributed by atoms with Gasteiger partial charge in [0.25, 0.3) is 0 Å². The molecule has 0 radical (unpaired) electrons. The quantitative estimate of drug-likeness (QED) is 0.466. The zero-order chi connectivity index (χ0) is 24.1. The third-order valence-electron chi connectivity index (χ3n) is 5.40. The van der Waals surface area contributed by atoms with Crippen LogP contribution in [0.4, 0.5) is 11.4 Å². The Kier molecular flexibility index (Phi) is 7.37. The topological polar surface area (TPSA) is 84.1 Å². The van der Waals surface area contributed by atoms with Crippen molar-refractivity contribution in [3.05, 3.63) is 77.7 Å². The first-order valence-corrected chi connectivity index (χ1v) is 12.0. The zero-order valence-corrected chi connectivity index (χ0v) is 20.2. The number of furan rings is 1. The third-order valence-corrected chi connectivity index (χ3v) is 6.58. The molecule has 2 amide bonds. The van der Waals surface area contributed by atoms with E-state index in [2.05, 4.69) is 5.32 Å². The summed E-state index contributed by atoms with van der Waals surface area (Å²) in [5.41, 5.74) is 3.45. The van der Waals surface area contributed by atoms with Crippen molar-refractivity contribution in [2.45, 2.75) is 39.0 Å². The summed E-state index contributed by atoms with van der Waals surface area (Å²) in [5, 5.41) is 2.94. The number of amidine groups is 1. The Morgan fingerprint density at radius 2 is 1.85 bits per heavy atom. The molecule has 0 spiro atoms. The summed E-state index contributed by atoms with van der Waals surface area (Å²) >= 11 is 1.30. The van der Waals surface area contributed by atoms with E-state index < -0.39 is 5.25 Å². The van der Waals surface area contributed by atoms with Gasteiger partial charge in [0.15, 0.2) is 5.17 Å². The van der Waals surface area contributed by atoms with Crippen LogP contribution in [-0.4, -0.2) is 33.7 Å². The number of hydrogen-bond acceptors (Lipinski definition) is 6. The average molecular weight is 478 g/mol. The standard InChI is InChI=1S/C26H27N3O4S/c1-4-32-20-12-10-19(11-13-20)27-26-29(16-21-9-6-14-33-21)25(31)22(34-26)15-23(30)28-24-17(2)7-5-8-18(24)3/h5-14,22H,4,15-16H2,1-3H3,(H,28,30). The first-order valence-electron chi connectivity index (χ1n) is 11.1. The van der Waals surface area contributed by atoms with Gasteiger partial charge in [0.1, 0.15) is 16.8 Å². The Morgan fingerprint density at radius 3 is 2.50 bits per heavy atom. The van der Waals surface area contributed by atoms with E-state index in [1.807, 2.05) is 69.3 Å². The SMILES string of the molecule is CCOc1ccc(N=C2SC(CC(=O)Nc3c(C)cccc3C)C(=O)N2Cc2ccco2)cc1. The van der Waals surface area contributed by atoms with E-state index in [-0.39, 0.29) is 24.8 Å². The van der Waals surface area contributed by atoms with Crippen LogP contribution in [0.25, 0.3) is 0 Å². The van der Waals surface area contributed by atoms with Crippen molar-refractivity contribution in [3.8, 4) is 5.75 Å². The Hall–Kier alpha value is -3.52. The Morgan fingerprint density at radius 1 is 1.12 bits per heavy atom. The fourth-order valence-electron chi connectivity index (χ4n) is 3.69. The molecular weight excluding hydrogens is 450 g/mol. The molecule has 0 bridgehead atoms. The van der Waals surface area contributed by atoms with Gasteiger partial charge in [0.2, 0.25) is 11.8 Å². The number of aryl methyl sites for hydroxylation is 2. The number of hydrogen-bond donors (Lipinski definition) is 1. The normalized spacial score (nSPS) is 16.8. The van der Waals surface area contributed by atoms with Gasteiger partial charge in [0.05, 0.1) is 25.1 Å². The molecule has 2 aromatic carbocycles. The van der Waals surface area contributed by atoms with Crippen molar-refractivity contribution in [3.63, 3.8) is 0 Å². The summed E-state index contributed by atoms with van der Waals surface area (Å²) in [6.07, 6.45) is 1.62. The van der Waals surface area contributed by atoms with Gasteiger partial charge in [-0.25, -0.2) is 4.99 Å². The maximum absolute atomic E-state index is 13.3. The van der Waals surface area contributed by atoms with Crippen LogP contribution in [-0.2, 0) is 16.1 Å². The average Bonchev–Trinajstić information content (AvgIpc) is 3.42. The van der Waals surface area contributed by atoms with E-state index >= 15 is 0 Å². The molecule has 0 aliphatic carbocycles. The molecule has 1 saturated heterocycles. The number of para-hydroxylation sites is 1. The van der Waals surface area contributed by atoms with Crippen molar-refractivity contribution in [1.29, 1.82) is 0 Å². The first-order chi connectivity index (χ1) is 16.4. The smallest absolute Gasteiger partial charge is 0.243 e. The summed E-state index contributed by atoms with van der Waals surface area (Å²) in [5.74, 6) is 1.04. The fourth-order valence-corrected chi connectivity index (χ4v) is 4.85. The molecule has 1 aliphatic rings. The van der Waals surface area contributed by atoms with Gasteiger partial charge in [-0.1, -0.05) is 30.0 Å². The summed E-state index contributed by atoms with van der Waals surface area (Å²) in [6.45, 7) is 6.66. The van der Waals surface area contributed by atoms with Crippen molar-refractivity contribution >= 4 is 40.1 Å². The number of benzene rings is 2. The number of carbonyl (C=O) groups excluding carboxylic acids is 2. The summed E-state index contributed by atoms with van der Waals surface area (Å²) in [6, 6.07) is 16.8. The molecule has 34 heavy (non-hydrogen) atoms. The van der Waals surface area contributed by atoms with Gasteiger partial charge in [-0.2, -0.15) is 0 Å². The Bertz CT molecular complexity index is 1170. The third kappa shape index (κ3) is 5.51. The molecule has 1 atom stereocenters. The van der Waals surface area contributed by atoms with Crippen LogP contribution >= 0.6 is 11.8 Å². The number of rotatable bonds is 8. The van der Waals surface area contributed by atoms with E-state index in [4.69, 9.17) is 14.1 Å². The van der Waals surface area contributed by atoms with Gasteiger partial charge in [-0.15, -0.1) is 0 Å². The van der Waals surface area contributed by atoms with E-state index in [0.29, 0.717) is 23.2 Å². The van der Waals surface area contributed by atoms with E-state index in [9.17, 15) is 9.59 Å². The minimum absolute atomic E-state index is 0.0498. The second-order valence-electron chi connectivity index (χ2n) is 7.95. The minimum Gasteiger partial charge on any atom is -0.494 e. The van der Waals surface area contributed by atoms with Gasteiger partial charge < -0.3 is 14.5 Å². The van der Waals surface area contributed by atoms with Gasteiger partial charge in [-0.05, 0) is 68.3 Å². The molecule has 2 heterocycles. The van der Waals surface area contributed by atoms with Crippen LogP contribution in [0, 0.1) is 13.8 Å². The highest BCUT2D eigenvalue weighted by atomic mass is 32.2. The fraction of sp³-hybridized carbons (Fsp3) is 0.269. The molecular formula is C26H27N3O4S. The van der Waals surface area contributed by atoms with Crippen LogP contribution in [0.1, 0.15) is 30.2 Å². The number of thioether (sulfide) groups is 1. The van der Waals surface area contributed by atoms with Gasteiger partial charge >= 0.3 is 0 Å². The van der Waals surface area contributed by atoms with Crippen molar-refractivity contribution in [2.24, 2.45) is 4.99 Å². The van der Waals surface area contributed by atoms with E-state index in [0.717, 1.165) is 22.6 Å². The number of aliphatic imine (C=N–C) groups is 1. The number of ether oxygens (including phenoxy) is 1. The highest BCUT2D eigenvalue weighted by molar-refractivity contribution is 8.15. The molecule has 4 rings (SSSR count). The number of nitrogens with one attached hydrogen (secondary N) is 1. The number of anilines is 1. The first kappa shape index (κ1) is 23.6. The van der Waals surface area contributed by atoms with Crippen LogP contribution in [0.3, 0.4) is 0 Å². The van der Waals surface area contributed by atoms with Gasteiger partial charge in [0, 0.05) is 12.1 Å². The predicted molar refractivity (Wildman–Crippen MR) is 135 cm³/mol. The molecule has 1 aliphatic heterocycles. The van der Waals surface area contributed by atoms with Gasteiger partial charge in [-0.3, -0.25) is 14.5 Å². The predicted octanol–water partition coefficient (Wildman–Crippen LogP) is 5.46. The molecule has 1 aromatic heterocycles.